The highest BCUT2D eigenvalue weighted by Gasteiger charge is 2.23. The van der Waals surface area contributed by atoms with Gasteiger partial charge in [0.05, 0.1) is 0 Å². The number of aromatic nitrogens is 1. The van der Waals surface area contributed by atoms with Gasteiger partial charge in [0.25, 0.3) is 11.8 Å². The van der Waals surface area contributed by atoms with Crippen molar-refractivity contribution >= 4 is 29.1 Å². The van der Waals surface area contributed by atoms with Crippen LogP contribution < -0.4 is 10.6 Å². The van der Waals surface area contributed by atoms with Crippen LogP contribution in [-0.2, 0) is 4.79 Å². The van der Waals surface area contributed by atoms with Gasteiger partial charge in [-0.3, -0.25) is 14.4 Å². The highest BCUT2D eigenvalue weighted by molar-refractivity contribution is 6.04. The zero-order valence-corrected chi connectivity index (χ0v) is 16.1. The third-order valence-corrected chi connectivity index (χ3v) is 4.59. The first kappa shape index (κ1) is 19.5. The van der Waals surface area contributed by atoms with Crippen LogP contribution in [0.15, 0.2) is 42.5 Å². The number of carbonyl (C=O) groups excluding carboxylic acids is 3. The van der Waals surface area contributed by atoms with Crippen molar-refractivity contribution in [3.05, 3.63) is 53.9 Å². The molecule has 2 heterocycles. The third kappa shape index (κ3) is 4.94. The lowest BCUT2D eigenvalue weighted by molar-refractivity contribution is -0.114. The van der Waals surface area contributed by atoms with E-state index in [1.165, 1.54) is 6.92 Å². The quantitative estimate of drug-likeness (QED) is 0.852. The van der Waals surface area contributed by atoms with Crippen molar-refractivity contribution in [2.45, 2.75) is 26.7 Å². The van der Waals surface area contributed by atoms with Crippen LogP contribution in [0.25, 0.3) is 0 Å². The van der Waals surface area contributed by atoms with Crippen molar-refractivity contribution in [2.24, 2.45) is 5.92 Å². The molecule has 146 valence electrons. The van der Waals surface area contributed by atoms with Gasteiger partial charge in [0.15, 0.2) is 0 Å². The predicted molar refractivity (Wildman–Crippen MR) is 107 cm³/mol. The largest absolute Gasteiger partial charge is 0.337 e. The Kier molecular flexibility index (Phi) is 6.03. The Hall–Kier alpha value is -3.22. The van der Waals surface area contributed by atoms with Crippen LogP contribution in [-0.4, -0.2) is 40.7 Å². The lowest BCUT2D eigenvalue weighted by Gasteiger charge is -2.30. The summed E-state index contributed by atoms with van der Waals surface area (Å²) in [5.41, 5.74) is 1.55. The fourth-order valence-electron chi connectivity index (χ4n) is 3.29. The van der Waals surface area contributed by atoms with Crippen LogP contribution in [0.2, 0.25) is 0 Å². The Labute approximate surface area is 164 Å². The summed E-state index contributed by atoms with van der Waals surface area (Å²) in [4.78, 5) is 42.5. The van der Waals surface area contributed by atoms with E-state index >= 15 is 0 Å². The molecule has 3 amide bonds. The summed E-state index contributed by atoms with van der Waals surface area (Å²) < 4.78 is 0. The average molecular weight is 380 g/mol. The second-order valence-corrected chi connectivity index (χ2v) is 7.12. The van der Waals surface area contributed by atoms with Gasteiger partial charge < -0.3 is 15.5 Å². The number of hydrogen-bond donors (Lipinski definition) is 2. The second-order valence-electron chi connectivity index (χ2n) is 7.12. The molecular formula is C21H24N4O3. The van der Waals surface area contributed by atoms with E-state index in [2.05, 4.69) is 22.5 Å². The van der Waals surface area contributed by atoms with Gasteiger partial charge in [-0.25, -0.2) is 4.98 Å². The second kappa shape index (κ2) is 8.65. The Balaban J connectivity index is 1.72. The number of pyridine rings is 1. The van der Waals surface area contributed by atoms with Crippen LogP contribution in [0.3, 0.4) is 0 Å². The van der Waals surface area contributed by atoms with Gasteiger partial charge in [-0.1, -0.05) is 19.1 Å². The molecule has 2 N–H and O–H groups in total. The molecule has 1 aliphatic heterocycles. The first-order valence-corrected chi connectivity index (χ1v) is 9.37. The third-order valence-electron chi connectivity index (χ3n) is 4.59. The number of rotatable bonds is 4. The number of likely N-dealkylation sites (tertiary alicyclic amines) is 1. The van der Waals surface area contributed by atoms with Crippen LogP contribution in [0, 0.1) is 5.92 Å². The molecule has 0 aliphatic carbocycles. The molecule has 1 unspecified atom stereocenters. The zero-order valence-electron chi connectivity index (χ0n) is 16.1. The molecule has 7 heteroatoms. The van der Waals surface area contributed by atoms with E-state index in [1.54, 1.807) is 47.4 Å². The smallest absolute Gasteiger partial charge is 0.274 e. The highest BCUT2D eigenvalue weighted by Crippen LogP contribution is 2.18. The van der Waals surface area contributed by atoms with Crippen molar-refractivity contribution in [1.29, 1.82) is 0 Å². The lowest BCUT2D eigenvalue weighted by atomic mass is 10.00. The average Bonchev–Trinajstić information content (AvgIpc) is 2.67. The number of carbonyl (C=O) groups is 3. The van der Waals surface area contributed by atoms with Crippen molar-refractivity contribution in [2.75, 3.05) is 23.7 Å². The predicted octanol–water partition coefficient (Wildman–Crippen LogP) is 3.16. The molecule has 1 aromatic heterocycles. The van der Waals surface area contributed by atoms with Crippen LogP contribution in [0.1, 0.15) is 47.7 Å². The van der Waals surface area contributed by atoms with Gasteiger partial charge in [0, 0.05) is 31.4 Å². The standard InChI is InChI=1S/C21H24N4O3/c1-14-6-5-11-25(13-14)21(28)19-10-4-9-18(24-19)20(27)23-17-8-3-7-16(12-17)22-15(2)26/h3-4,7-10,12,14H,5-6,11,13H2,1-2H3,(H,22,26)(H,23,27). The number of amides is 3. The minimum absolute atomic E-state index is 0.145. The minimum atomic E-state index is -0.415. The molecular weight excluding hydrogens is 356 g/mol. The van der Waals surface area contributed by atoms with E-state index in [4.69, 9.17) is 0 Å². The van der Waals surface area contributed by atoms with E-state index in [1.807, 2.05) is 0 Å². The maximum absolute atomic E-state index is 12.7. The molecule has 0 radical (unpaired) electrons. The SMILES string of the molecule is CC(=O)Nc1cccc(NC(=O)c2cccc(C(=O)N3CCCC(C)C3)n2)c1. The number of piperidine rings is 1. The van der Waals surface area contributed by atoms with Gasteiger partial charge in [-0.15, -0.1) is 0 Å². The van der Waals surface area contributed by atoms with Crippen molar-refractivity contribution < 1.29 is 14.4 Å². The number of anilines is 2. The monoisotopic (exact) mass is 380 g/mol. The first-order valence-electron chi connectivity index (χ1n) is 9.37. The van der Waals surface area contributed by atoms with Crippen molar-refractivity contribution in [3.63, 3.8) is 0 Å². The van der Waals surface area contributed by atoms with E-state index in [0.717, 1.165) is 19.4 Å². The molecule has 1 atom stereocenters. The molecule has 1 fully saturated rings. The fourth-order valence-corrected chi connectivity index (χ4v) is 3.29. The molecule has 7 nitrogen and oxygen atoms in total. The van der Waals surface area contributed by atoms with E-state index in [-0.39, 0.29) is 23.2 Å². The van der Waals surface area contributed by atoms with Gasteiger partial charge >= 0.3 is 0 Å². The van der Waals surface area contributed by atoms with Gasteiger partial charge in [0.2, 0.25) is 5.91 Å². The first-order chi connectivity index (χ1) is 13.4. The van der Waals surface area contributed by atoms with Gasteiger partial charge in [-0.05, 0) is 49.1 Å². The summed E-state index contributed by atoms with van der Waals surface area (Å²) in [6.45, 7) is 4.98. The summed E-state index contributed by atoms with van der Waals surface area (Å²) in [5.74, 6) is -0.279. The van der Waals surface area contributed by atoms with Gasteiger partial charge in [0.1, 0.15) is 11.4 Å². The van der Waals surface area contributed by atoms with Crippen LogP contribution >= 0.6 is 0 Å². The number of benzene rings is 1. The Morgan fingerprint density at radius 2 is 1.71 bits per heavy atom. The summed E-state index contributed by atoms with van der Waals surface area (Å²) in [6, 6.07) is 11.7. The number of nitrogens with one attached hydrogen (secondary N) is 2. The Morgan fingerprint density at radius 1 is 1.04 bits per heavy atom. The van der Waals surface area contributed by atoms with E-state index in [9.17, 15) is 14.4 Å². The topological polar surface area (TPSA) is 91.4 Å². The molecule has 1 saturated heterocycles. The normalized spacial score (nSPS) is 16.4. The highest BCUT2D eigenvalue weighted by atomic mass is 16.2. The number of hydrogen-bond acceptors (Lipinski definition) is 4. The molecule has 0 saturated carbocycles. The summed E-state index contributed by atoms with van der Waals surface area (Å²) in [6.07, 6.45) is 2.11. The fraction of sp³-hybridized carbons (Fsp3) is 0.333. The zero-order chi connectivity index (χ0) is 20.1. The molecule has 1 aromatic carbocycles. The van der Waals surface area contributed by atoms with E-state index in [0.29, 0.717) is 23.8 Å². The maximum atomic E-state index is 12.7. The maximum Gasteiger partial charge on any atom is 0.274 e. The molecule has 2 aromatic rings. The van der Waals surface area contributed by atoms with Gasteiger partial charge in [-0.2, -0.15) is 0 Å². The molecule has 0 bridgehead atoms. The minimum Gasteiger partial charge on any atom is -0.337 e. The molecule has 3 rings (SSSR count). The summed E-state index contributed by atoms with van der Waals surface area (Å²) in [5, 5.41) is 5.41. The molecule has 0 spiro atoms. The van der Waals surface area contributed by atoms with Crippen LogP contribution in [0.5, 0.6) is 0 Å². The van der Waals surface area contributed by atoms with E-state index < -0.39 is 5.91 Å². The van der Waals surface area contributed by atoms with Crippen molar-refractivity contribution in [1.82, 2.24) is 9.88 Å². The number of nitrogens with zero attached hydrogens (tertiary/aromatic N) is 2. The lowest BCUT2D eigenvalue weighted by Crippen LogP contribution is -2.39. The summed E-state index contributed by atoms with van der Waals surface area (Å²) in [7, 11) is 0. The summed E-state index contributed by atoms with van der Waals surface area (Å²) >= 11 is 0. The molecule has 28 heavy (non-hydrogen) atoms. The Bertz CT molecular complexity index is 897. The Morgan fingerprint density at radius 3 is 2.43 bits per heavy atom. The van der Waals surface area contributed by atoms with Crippen LogP contribution in [0.4, 0.5) is 11.4 Å². The molecule has 1 aliphatic rings. The van der Waals surface area contributed by atoms with Crippen molar-refractivity contribution in [3.8, 4) is 0 Å².